The van der Waals surface area contributed by atoms with Crippen LogP contribution >= 0.6 is 11.6 Å². The Hall–Kier alpha value is -0.610. The molecule has 1 aliphatic heterocycles. The van der Waals surface area contributed by atoms with Crippen LogP contribution in [0.25, 0.3) is 0 Å². The number of piperidine rings is 1. The molecule has 1 aliphatic rings. The Kier molecular flexibility index (Phi) is 6.97. The van der Waals surface area contributed by atoms with E-state index in [1.807, 2.05) is 19.2 Å². The van der Waals surface area contributed by atoms with Crippen molar-refractivity contribution >= 4 is 11.6 Å². The first kappa shape index (κ1) is 16.8. The maximum Gasteiger partial charge on any atom is 0.0595 e. The first-order valence-corrected chi connectivity index (χ1v) is 8.34. The van der Waals surface area contributed by atoms with E-state index in [0.717, 1.165) is 50.5 Å². The number of methoxy groups -OCH3 is 1. The van der Waals surface area contributed by atoms with Gasteiger partial charge in [0.2, 0.25) is 0 Å². The monoisotopic (exact) mass is 310 g/mol. The van der Waals surface area contributed by atoms with Crippen molar-refractivity contribution in [3.8, 4) is 0 Å². The predicted octanol–water partition coefficient (Wildman–Crippen LogP) is 3.49. The molecule has 0 radical (unpaired) electrons. The number of halogens is 1. The largest absolute Gasteiger partial charge is 0.381 e. The van der Waals surface area contributed by atoms with Crippen LogP contribution in [0.5, 0.6) is 0 Å². The third kappa shape index (κ3) is 5.26. The summed E-state index contributed by atoms with van der Waals surface area (Å²) < 4.78 is 5.43. The number of nitrogens with zero attached hydrogens (tertiary/aromatic N) is 1. The van der Waals surface area contributed by atoms with Gasteiger partial charge in [0.15, 0.2) is 0 Å². The molecule has 1 heterocycles. The van der Waals surface area contributed by atoms with E-state index in [1.165, 1.54) is 5.56 Å². The molecular weight excluding hydrogens is 284 g/mol. The van der Waals surface area contributed by atoms with Gasteiger partial charge in [-0.25, -0.2) is 0 Å². The highest BCUT2D eigenvalue weighted by Gasteiger charge is 2.19. The first-order valence-electron chi connectivity index (χ1n) is 7.97. The summed E-state index contributed by atoms with van der Waals surface area (Å²) >= 11 is 5.98. The van der Waals surface area contributed by atoms with Crippen LogP contribution in [0.4, 0.5) is 0 Å². The first-order chi connectivity index (χ1) is 10.2. The van der Waals surface area contributed by atoms with Gasteiger partial charge in [0.1, 0.15) is 0 Å². The Morgan fingerprint density at radius 2 is 1.95 bits per heavy atom. The molecule has 0 aliphatic carbocycles. The molecule has 1 atom stereocenters. The van der Waals surface area contributed by atoms with Crippen LogP contribution in [0.1, 0.15) is 37.8 Å². The van der Waals surface area contributed by atoms with E-state index in [0.29, 0.717) is 12.1 Å². The Balaban J connectivity index is 1.84. The van der Waals surface area contributed by atoms with Crippen molar-refractivity contribution in [3.63, 3.8) is 0 Å². The summed E-state index contributed by atoms with van der Waals surface area (Å²) in [4.78, 5) is 2.55. The molecule has 0 spiro atoms. The number of nitrogens with one attached hydrogen (secondary N) is 1. The fourth-order valence-corrected chi connectivity index (χ4v) is 3.13. The van der Waals surface area contributed by atoms with E-state index < -0.39 is 0 Å². The van der Waals surface area contributed by atoms with Crippen molar-refractivity contribution in [2.45, 2.75) is 38.3 Å². The van der Waals surface area contributed by atoms with Gasteiger partial charge in [0, 0.05) is 31.3 Å². The number of benzene rings is 1. The molecule has 0 saturated carbocycles. The zero-order valence-corrected chi connectivity index (χ0v) is 13.9. The van der Waals surface area contributed by atoms with Gasteiger partial charge in [-0.1, -0.05) is 30.7 Å². The average molecular weight is 311 g/mol. The molecule has 4 heteroatoms. The lowest BCUT2D eigenvalue weighted by atomic mass is 10.0. The minimum absolute atomic E-state index is 0.410. The lowest BCUT2D eigenvalue weighted by molar-refractivity contribution is 0.0401. The number of rotatable bonds is 7. The maximum absolute atomic E-state index is 5.98. The highest BCUT2D eigenvalue weighted by molar-refractivity contribution is 6.30. The molecule has 1 unspecified atom stereocenters. The zero-order chi connectivity index (χ0) is 15.1. The summed E-state index contributed by atoms with van der Waals surface area (Å²) in [5.74, 6) is 0. The van der Waals surface area contributed by atoms with Gasteiger partial charge in [0.05, 0.1) is 6.10 Å². The fourth-order valence-electron chi connectivity index (χ4n) is 3.01. The molecule has 0 bridgehead atoms. The molecule has 1 fully saturated rings. The summed E-state index contributed by atoms with van der Waals surface area (Å²) in [5, 5.41) is 4.38. The van der Waals surface area contributed by atoms with Gasteiger partial charge >= 0.3 is 0 Å². The van der Waals surface area contributed by atoms with E-state index in [-0.39, 0.29) is 0 Å². The summed E-state index contributed by atoms with van der Waals surface area (Å²) in [6.07, 6.45) is 3.90. The number of ether oxygens (including phenoxy) is 1. The van der Waals surface area contributed by atoms with Crippen molar-refractivity contribution in [1.82, 2.24) is 10.2 Å². The van der Waals surface area contributed by atoms with Crippen molar-refractivity contribution in [2.24, 2.45) is 0 Å². The van der Waals surface area contributed by atoms with Crippen molar-refractivity contribution in [2.75, 3.05) is 33.3 Å². The maximum atomic E-state index is 5.98. The highest BCUT2D eigenvalue weighted by Crippen LogP contribution is 2.21. The Morgan fingerprint density at radius 3 is 2.52 bits per heavy atom. The van der Waals surface area contributed by atoms with Crippen LogP contribution < -0.4 is 5.32 Å². The minimum Gasteiger partial charge on any atom is -0.381 e. The summed E-state index contributed by atoms with van der Waals surface area (Å²) in [7, 11) is 1.82. The Bertz CT molecular complexity index is 402. The van der Waals surface area contributed by atoms with Gasteiger partial charge in [-0.2, -0.15) is 0 Å². The molecular formula is C17H27ClN2O. The normalized spacial score (nSPS) is 18.8. The van der Waals surface area contributed by atoms with E-state index >= 15 is 0 Å². The standard InChI is InChI=1S/C17H27ClN2O/c1-3-19-17(14-4-6-15(18)7-5-14)10-13-20-11-8-16(21-2)9-12-20/h4-7,16-17,19H,3,8-13H2,1-2H3. The summed E-state index contributed by atoms with van der Waals surface area (Å²) in [5.41, 5.74) is 1.33. The van der Waals surface area contributed by atoms with E-state index in [9.17, 15) is 0 Å². The van der Waals surface area contributed by atoms with E-state index in [4.69, 9.17) is 16.3 Å². The smallest absolute Gasteiger partial charge is 0.0595 e. The number of hydrogen-bond acceptors (Lipinski definition) is 3. The molecule has 118 valence electrons. The van der Waals surface area contributed by atoms with Gasteiger partial charge < -0.3 is 15.0 Å². The SMILES string of the molecule is CCNC(CCN1CCC(OC)CC1)c1ccc(Cl)cc1. The average Bonchev–Trinajstić information content (AvgIpc) is 2.53. The van der Waals surface area contributed by atoms with Crippen molar-refractivity contribution in [3.05, 3.63) is 34.9 Å². The van der Waals surface area contributed by atoms with Crippen molar-refractivity contribution in [1.29, 1.82) is 0 Å². The van der Waals surface area contributed by atoms with Crippen LogP contribution in [0.2, 0.25) is 5.02 Å². The molecule has 1 N–H and O–H groups in total. The fraction of sp³-hybridized carbons (Fsp3) is 0.647. The van der Waals surface area contributed by atoms with Gasteiger partial charge in [-0.05, 0) is 50.0 Å². The van der Waals surface area contributed by atoms with Gasteiger partial charge in [-0.15, -0.1) is 0 Å². The molecule has 1 saturated heterocycles. The predicted molar refractivity (Wildman–Crippen MR) is 89.0 cm³/mol. The second-order valence-corrected chi connectivity index (χ2v) is 6.16. The highest BCUT2D eigenvalue weighted by atomic mass is 35.5. The molecule has 0 aromatic heterocycles. The van der Waals surface area contributed by atoms with E-state index in [2.05, 4.69) is 29.3 Å². The van der Waals surface area contributed by atoms with Crippen molar-refractivity contribution < 1.29 is 4.74 Å². The molecule has 3 nitrogen and oxygen atoms in total. The van der Waals surface area contributed by atoms with Crippen LogP contribution in [0.15, 0.2) is 24.3 Å². The molecule has 1 aromatic carbocycles. The summed E-state index contributed by atoms with van der Waals surface area (Å²) in [6, 6.07) is 8.63. The Labute approximate surface area is 133 Å². The molecule has 2 rings (SSSR count). The third-order valence-corrected chi connectivity index (χ3v) is 4.58. The lowest BCUT2D eigenvalue weighted by Crippen LogP contribution is -2.38. The van der Waals surface area contributed by atoms with Crippen LogP contribution in [-0.4, -0.2) is 44.3 Å². The topological polar surface area (TPSA) is 24.5 Å². The van der Waals surface area contributed by atoms with Crippen LogP contribution in [-0.2, 0) is 4.74 Å². The zero-order valence-electron chi connectivity index (χ0n) is 13.1. The number of hydrogen-bond donors (Lipinski definition) is 1. The van der Waals surface area contributed by atoms with E-state index in [1.54, 1.807) is 0 Å². The molecule has 21 heavy (non-hydrogen) atoms. The second-order valence-electron chi connectivity index (χ2n) is 5.73. The van der Waals surface area contributed by atoms with Gasteiger partial charge in [-0.3, -0.25) is 0 Å². The van der Waals surface area contributed by atoms with Crippen LogP contribution in [0.3, 0.4) is 0 Å². The quantitative estimate of drug-likeness (QED) is 0.834. The van der Waals surface area contributed by atoms with Gasteiger partial charge in [0.25, 0.3) is 0 Å². The van der Waals surface area contributed by atoms with Crippen LogP contribution in [0, 0.1) is 0 Å². The number of likely N-dealkylation sites (tertiary alicyclic amines) is 1. The minimum atomic E-state index is 0.410. The third-order valence-electron chi connectivity index (χ3n) is 4.32. The Morgan fingerprint density at radius 1 is 1.29 bits per heavy atom. The summed E-state index contributed by atoms with van der Waals surface area (Å²) in [6.45, 7) is 6.58. The molecule has 0 amide bonds. The molecule has 1 aromatic rings. The lowest BCUT2D eigenvalue weighted by Gasteiger charge is -2.32. The second kappa shape index (κ2) is 8.74.